The minimum absolute atomic E-state index is 0.0326. The van der Waals surface area contributed by atoms with Gasteiger partial charge >= 0.3 is 0 Å². The molecule has 92 valence electrons. The van der Waals surface area contributed by atoms with Crippen molar-refractivity contribution >= 4 is 0 Å². The molecule has 1 aliphatic rings. The van der Waals surface area contributed by atoms with Crippen LogP contribution in [0.3, 0.4) is 0 Å². The lowest BCUT2D eigenvalue weighted by molar-refractivity contribution is -0.143. The number of nitrogens with zero attached hydrogens (tertiary/aromatic N) is 1. The summed E-state index contributed by atoms with van der Waals surface area (Å²) in [5.74, 6) is 0.0326. The van der Waals surface area contributed by atoms with Crippen molar-refractivity contribution in [2.75, 3.05) is 13.7 Å². The molecule has 1 N–H and O–H groups in total. The molecule has 16 heavy (non-hydrogen) atoms. The largest absolute Gasteiger partial charge is 0.386 e. The second-order valence-electron chi connectivity index (χ2n) is 5.27. The van der Waals surface area contributed by atoms with Crippen LogP contribution in [-0.2, 0) is 4.74 Å². The Balaban J connectivity index is 3.02. The predicted octanol–water partition coefficient (Wildman–Crippen LogP) is 2.49. The summed E-state index contributed by atoms with van der Waals surface area (Å²) < 4.78 is 5.15. The van der Waals surface area contributed by atoms with Crippen LogP contribution in [0.25, 0.3) is 0 Å². The quantitative estimate of drug-likeness (QED) is 0.799. The smallest absolute Gasteiger partial charge is 0.109 e. The minimum atomic E-state index is -1.02. The molecule has 3 heteroatoms. The second kappa shape index (κ2) is 5.16. The number of nitriles is 1. The Morgan fingerprint density at radius 3 is 2.31 bits per heavy atom. The van der Waals surface area contributed by atoms with Gasteiger partial charge in [-0.3, -0.25) is 0 Å². The zero-order valence-corrected chi connectivity index (χ0v) is 10.6. The summed E-state index contributed by atoms with van der Waals surface area (Å²) in [4.78, 5) is 0. The van der Waals surface area contributed by atoms with E-state index in [1.54, 1.807) is 7.11 Å². The monoisotopic (exact) mass is 225 g/mol. The molecule has 0 saturated heterocycles. The molecular weight excluding hydrogens is 202 g/mol. The van der Waals surface area contributed by atoms with Gasteiger partial charge in [-0.25, -0.2) is 0 Å². The highest BCUT2D eigenvalue weighted by Gasteiger charge is 2.53. The van der Waals surface area contributed by atoms with Crippen molar-refractivity contribution in [1.82, 2.24) is 0 Å². The van der Waals surface area contributed by atoms with Gasteiger partial charge < -0.3 is 9.84 Å². The molecule has 0 aromatic rings. The zero-order valence-electron chi connectivity index (χ0n) is 10.6. The number of methoxy groups -OCH3 is 1. The van der Waals surface area contributed by atoms with Gasteiger partial charge in [0, 0.05) is 7.11 Å². The average molecular weight is 225 g/mol. The first-order chi connectivity index (χ1) is 7.52. The first-order valence-electron chi connectivity index (χ1n) is 6.15. The number of rotatable bonds is 4. The minimum Gasteiger partial charge on any atom is -0.386 e. The van der Waals surface area contributed by atoms with E-state index in [0.717, 1.165) is 25.7 Å². The summed E-state index contributed by atoms with van der Waals surface area (Å²) in [6.07, 6.45) is 4.83. The van der Waals surface area contributed by atoms with Crippen LogP contribution in [0.1, 0.15) is 46.0 Å². The van der Waals surface area contributed by atoms with E-state index < -0.39 is 11.0 Å². The Labute approximate surface area is 98.4 Å². The average Bonchev–Trinajstić information content (AvgIpc) is 2.29. The van der Waals surface area contributed by atoms with Crippen LogP contribution in [0.2, 0.25) is 0 Å². The van der Waals surface area contributed by atoms with E-state index in [-0.39, 0.29) is 12.5 Å². The first kappa shape index (κ1) is 13.5. The van der Waals surface area contributed by atoms with Crippen LogP contribution >= 0.6 is 0 Å². The van der Waals surface area contributed by atoms with Crippen LogP contribution in [0.4, 0.5) is 0 Å². The maximum Gasteiger partial charge on any atom is 0.109 e. The van der Waals surface area contributed by atoms with Crippen molar-refractivity contribution in [3.05, 3.63) is 0 Å². The topological polar surface area (TPSA) is 53.2 Å². The van der Waals surface area contributed by atoms with Crippen molar-refractivity contribution in [3.63, 3.8) is 0 Å². The molecule has 0 amide bonds. The van der Waals surface area contributed by atoms with Crippen LogP contribution in [0.5, 0.6) is 0 Å². The normalized spacial score (nSPS) is 23.8. The molecule has 0 aromatic carbocycles. The molecule has 1 rings (SSSR count). The highest BCUT2D eigenvalue weighted by Crippen LogP contribution is 2.47. The summed E-state index contributed by atoms with van der Waals surface area (Å²) in [6.45, 7) is 4.18. The molecule has 1 fully saturated rings. The van der Waals surface area contributed by atoms with E-state index in [1.807, 2.05) is 13.8 Å². The van der Waals surface area contributed by atoms with Crippen LogP contribution in [-0.4, -0.2) is 24.4 Å². The number of aliphatic hydroxyl groups is 1. The summed E-state index contributed by atoms with van der Waals surface area (Å²) in [5, 5.41) is 20.3. The lowest BCUT2D eigenvalue weighted by Gasteiger charge is -2.47. The van der Waals surface area contributed by atoms with Gasteiger partial charge in [-0.05, 0) is 18.8 Å². The molecule has 0 bridgehead atoms. The van der Waals surface area contributed by atoms with Crippen LogP contribution in [0, 0.1) is 22.7 Å². The van der Waals surface area contributed by atoms with Gasteiger partial charge in [0.1, 0.15) is 5.60 Å². The maximum atomic E-state index is 10.8. The molecule has 3 nitrogen and oxygen atoms in total. The standard InChI is InChI=1S/C13H23NO2/c1-11(2)13(15,10-16-3)12(9-14)7-5-4-6-8-12/h11,15H,4-8,10H2,1-3H3. The third-order valence-corrected chi connectivity index (χ3v) is 4.07. The summed E-state index contributed by atoms with van der Waals surface area (Å²) >= 11 is 0. The lowest BCUT2D eigenvalue weighted by Crippen LogP contribution is -2.55. The van der Waals surface area contributed by atoms with E-state index >= 15 is 0 Å². The fourth-order valence-electron chi connectivity index (χ4n) is 2.87. The van der Waals surface area contributed by atoms with Gasteiger partial charge in [0.05, 0.1) is 18.1 Å². The molecule has 0 aliphatic heterocycles. The second-order valence-corrected chi connectivity index (χ2v) is 5.27. The van der Waals surface area contributed by atoms with E-state index in [4.69, 9.17) is 4.74 Å². The lowest BCUT2D eigenvalue weighted by atomic mass is 9.60. The van der Waals surface area contributed by atoms with Gasteiger partial charge in [0.2, 0.25) is 0 Å². The molecule has 1 atom stereocenters. The Morgan fingerprint density at radius 1 is 1.38 bits per heavy atom. The maximum absolute atomic E-state index is 10.8. The van der Waals surface area contributed by atoms with E-state index in [2.05, 4.69) is 6.07 Å². The fourth-order valence-corrected chi connectivity index (χ4v) is 2.87. The van der Waals surface area contributed by atoms with Gasteiger partial charge in [-0.1, -0.05) is 33.1 Å². The number of hydrogen-bond donors (Lipinski definition) is 1. The van der Waals surface area contributed by atoms with Crippen LogP contribution in [0.15, 0.2) is 0 Å². The van der Waals surface area contributed by atoms with Gasteiger partial charge in [0.25, 0.3) is 0 Å². The Bertz CT molecular complexity index is 264. The third kappa shape index (κ3) is 2.09. The number of ether oxygens (including phenoxy) is 1. The molecule has 0 aromatic heterocycles. The Morgan fingerprint density at radius 2 is 1.94 bits per heavy atom. The molecule has 0 radical (unpaired) electrons. The van der Waals surface area contributed by atoms with Crippen LogP contribution < -0.4 is 0 Å². The fraction of sp³-hybridized carbons (Fsp3) is 0.923. The summed E-state index contributed by atoms with van der Waals surface area (Å²) in [7, 11) is 1.58. The summed E-state index contributed by atoms with van der Waals surface area (Å²) in [5.41, 5.74) is -1.63. The zero-order chi connectivity index (χ0) is 12.2. The highest BCUT2D eigenvalue weighted by molar-refractivity contribution is 5.13. The van der Waals surface area contributed by atoms with Gasteiger partial charge in [-0.15, -0.1) is 0 Å². The molecule has 1 aliphatic carbocycles. The van der Waals surface area contributed by atoms with Gasteiger partial charge in [-0.2, -0.15) is 5.26 Å². The highest BCUT2D eigenvalue weighted by atomic mass is 16.5. The number of hydrogen-bond acceptors (Lipinski definition) is 3. The Hall–Kier alpha value is -0.590. The SMILES string of the molecule is COCC(O)(C(C)C)C1(C#N)CCCCC1. The molecule has 0 heterocycles. The molecule has 0 spiro atoms. The van der Waals surface area contributed by atoms with Crippen molar-refractivity contribution in [1.29, 1.82) is 5.26 Å². The Kier molecular flexibility index (Phi) is 4.35. The van der Waals surface area contributed by atoms with Crippen molar-refractivity contribution in [2.24, 2.45) is 11.3 Å². The molecular formula is C13H23NO2. The van der Waals surface area contributed by atoms with E-state index in [9.17, 15) is 10.4 Å². The summed E-state index contributed by atoms with van der Waals surface area (Å²) in [6, 6.07) is 2.39. The van der Waals surface area contributed by atoms with Crippen molar-refractivity contribution in [3.8, 4) is 6.07 Å². The first-order valence-corrected chi connectivity index (χ1v) is 6.15. The van der Waals surface area contributed by atoms with E-state index in [1.165, 1.54) is 6.42 Å². The van der Waals surface area contributed by atoms with Gasteiger partial charge in [0.15, 0.2) is 0 Å². The van der Waals surface area contributed by atoms with E-state index in [0.29, 0.717) is 0 Å². The molecule has 1 saturated carbocycles. The third-order valence-electron chi connectivity index (χ3n) is 4.07. The predicted molar refractivity (Wildman–Crippen MR) is 62.8 cm³/mol. The van der Waals surface area contributed by atoms with Crippen molar-refractivity contribution < 1.29 is 9.84 Å². The molecule has 1 unspecified atom stereocenters. The van der Waals surface area contributed by atoms with Crippen molar-refractivity contribution in [2.45, 2.75) is 51.6 Å².